The molecule has 7 rings (SSSR count). The highest BCUT2D eigenvalue weighted by Crippen LogP contribution is 2.54. The van der Waals surface area contributed by atoms with Crippen molar-refractivity contribution < 1.29 is 9.53 Å². The average Bonchev–Trinajstić information content (AvgIpc) is 3.65. The Morgan fingerprint density at radius 2 is 1.76 bits per heavy atom. The van der Waals surface area contributed by atoms with Gasteiger partial charge in [-0.3, -0.25) is 4.79 Å². The van der Waals surface area contributed by atoms with Crippen LogP contribution >= 0.6 is 0 Å². The summed E-state index contributed by atoms with van der Waals surface area (Å²) in [5.41, 5.74) is 3.41. The zero-order valence-electron chi connectivity index (χ0n) is 20.9. The van der Waals surface area contributed by atoms with Crippen LogP contribution in [0.2, 0.25) is 0 Å². The van der Waals surface area contributed by atoms with Crippen molar-refractivity contribution in [3.63, 3.8) is 0 Å². The van der Waals surface area contributed by atoms with E-state index >= 15 is 0 Å². The minimum absolute atomic E-state index is 0.422. The number of hydrogen-bond acceptors (Lipinski definition) is 6. The Labute approximate surface area is 216 Å². The number of fused-ring (bicyclic) bond motifs is 1. The molecule has 0 N–H and O–H groups in total. The van der Waals surface area contributed by atoms with Crippen LogP contribution in [0.25, 0.3) is 22.3 Å². The van der Waals surface area contributed by atoms with E-state index in [2.05, 4.69) is 50.6 Å². The third-order valence-electron chi connectivity index (χ3n) is 7.30. The number of aromatic nitrogens is 4. The molecular weight excluding hydrogens is 462 g/mol. The molecule has 0 atom stereocenters. The number of hydrogen-bond donors (Lipinski definition) is 0. The average molecular weight is 492 g/mol. The van der Waals surface area contributed by atoms with Crippen LogP contribution in [-0.2, 0) is 4.79 Å². The smallest absolute Gasteiger partial charge is 0.192 e. The number of aldehydes is 1. The summed E-state index contributed by atoms with van der Waals surface area (Å²) < 4.78 is 8.05. The molecule has 186 valence electrons. The number of nitrogens with zero attached hydrogens (tertiary/aromatic N) is 5. The molecule has 3 heterocycles. The first-order valence-electron chi connectivity index (χ1n) is 12.8. The van der Waals surface area contributed by atoms with Gasteiger partial charge in [-0.2, -0.15) is 5.10 Å². The molecular formula is C30H29N5O2. The van der Waals surface area contributed by atoms with E-state index in [4.69, 9.17) is 9.84 Å². The standard InChI is InChI=1S/C24H23N5O.C6H6O/c1-28-14-24(15-28)11-18(12-24)29-23-21(13-25-16-26-23)22(27-29)17-7-9-20(10-8-17)30-19-5-3-2-4-6-19;7-5-1-2-6-3-4-6/h2-10,13,16,18H,11-12,14-15H2,1H3;5-6H,3-4H2. The molecule has 0 amide bonds. The number of carbonyl (C=O) groups excluding carboxylic acids is 1. The van der Waals surface area contributed by atoms with Gasteiger partial charge in [-0.25, -0.2) is 14.6 Å². The van der Waals surface area contributed by atoms with Gasteiger partial charge in [0.15, 0.2) is 11.9 Å². The minimum Gasteiger partial charge on any atom is -0.457 e. The summed E-state index contributed by atoms with van der Waals surface area (Å²) in [6, 6.07) is 18.3. The van der Waals surface area contributed by atoms with Crippen LogP contribution in [0.1, 0.15) is 31.7 Å². The van der Waals surface area contributed by atoms with Gasteiger partial charge in [0.05, 0.1) is 11.4 Å². The summed E-state index contributed by atoms with van der Waals surface area (Å²) in [5.74, 6) is 7.36. The summed E-state index contributed by atoms with van der Waals surface area (Å²) in [5, 5.41) is 6.00. The molecule has 3 fully saturated rings. The first-order valence-corrected chi connectivity index (χ1v) is 12.8. The summed E-state index contributed by atoms with van der Waals surface area (Å²) in [6.45, 7) is 2.40. The van der Waals surface area contributed by atoms with Crippen molar-refractivity contribution in [3.05, 3.63) is 67.1 Å². The molecule has 7 heteroatoms. The molecule has 1 aliphatic heterocycles. The lowest BCUT2D eigenvalue weighted by Gasteiger charge is -2.58. The van der Waals surface area contributed by atoms with E-state index in [0.29, 0.717) is 23.7 Å². The predicted octanol–water partition coefficient (Wildman–Crippen LogP) is 5.15. The van der Waals surface area contributed by atoms with E-state index in [-0.39, 0.29) is 0 Å². The van der Waals surface area contributed by atoms with Crippen LogP contribution in [0.3, 0.4) is 0 Å². The van der Waals surface area contributed by atoms with E-state index in [1.54, 1.807) is 6.33 Å². The molecule has 2 saturated carbocycles. The lowest BCUT2D eigenvalue weighted by Crippen LogP contribution is -2.60. The van der Waals surface area contributed by atoms with Gasteiger partial charge in [0.25, 0.3) is 0 Å². The highest BCUT2D eigenvalue weighted by Gasteiger charge is 2.52. The number of rotatable bonds is 4. The van der Waals surface area contributed by atoms with Crippen LogP contribution in [0, 0.1) is 23.2 Å². The van der Waals surface area contributed by atoms with E-state index in [0.717, 1.165) is 33.8 Å². The number of para-hydroxylation sites is 1. The highest BCUT2D eigenvalue weighted by atomic mass is 16.5. The second-order valence-corrected chi connectivity index (χ2v) is 10.4. The van der Waals surface area contributed by atoms with E-state index in [1.807, 2.05) is 48.7 Å². The van der Waals surface area contributed by atoms with Crippen LogP contribution in [0.5, 0.6) is 11.5 Å². The molecule has 2 aromatic heterocycles. The first kappa shape index (κ1) is 23.4. The molecule has 1 spiro atoms. The Balaban J connectivity index is 0.000000314. The van der Waals surface area contributed by atoms with Gasteiger partial charge in [0.1, 0.15) is 23.5 Å². The predicted molar refractivity (Wildman–Crippen MR) is 142 cm³/mol. The zero-order valence-corrected chi connectivity index (χ0v) is 20.9. The molecule has 3 aliphatic rings. The van der Waals surface area contributed by atoms with Crippen molar-refractivity contribution in [2.45, 2.75) is 31.7 Å². The third kappa shape index (κ3) is 4.98. The molecule has 1 saturated heterocycles. The Hall–Kier alpha value is -4.02. The summed E-state index contributed by atoms with van der Waals surface area (Å²) >= 11 is 0. The van der Waals surface area contributed by atoms with Gasteiger partial charge in [-0.05, 0) is 80.5 Å². The Morgan fingerprint density at radius 3 is 2.43 bits per heavy atom. The van der Waals surface area contributed by atoms with E-state index in [1.165, 1.54) is 38.8 Å². The maximum absolute atomic E-state index is 9.56. The van der Waals surface area contributed by atoms with Gasteiger partial charge in [-0.15, -0.1) is 0 Å². The number of ether oxygens (including phenoxy) is 1. The quantitative estimate of drug-likeness (QED) is 0.290. The largest absolute Gasteiger partial charge is 0.457 e. The maximum atomic E-state index is 9.56. The van der Waals surface area contributed by atoms with Crippen LogP contribution in [-0.4, -0.2) is 51.1 Å². The van der Waals surface area contributed by atoms with Crippen molar-refractivity contribution in [3.8, 4) is 34.6 Å². The van der Waals surface area contributed by atoms with Gasteiger partial charge in [-0.1, -0.05) is 24.1 Å². The molecule has 0 bridgehead atoms. The van der Waals surface area contributed by atoms with Gasteiger partial charge in [0.2, 0.25) is 0 Å². The van der Waals surface area contributed by atoms with E-state index in [9.17, 15) is 4.79 Å². The van der Waals surface area contributed by atoms with Crippen LogP contribution in [0.15, 0.2) is 67.1 Å². The second kappa shape index (κ2) is 9.79. The lowest BCUT2D eigenvalue weighted by molar-refractivity contribution is -0.103. The number of carbonyl (C=O) groups is 1. The van der Waals surface area contributed by atoms with Crippen molar-refractivity contribution in [1.29, 1.82) is 0 Å². The van der Waals surface area contributed by atoms with Crippen molar-refractivity contribution in [2.24, 2.45) is 11.3 Å². The number of benzene rings is 2. The Bertz CT molecular complexity index is 1450. The number of likely N-dealkylation sites (tertiary alicyclic amines) is 1. The lowest BCUT2D eigenvalue weighted by atomic mass is 9.61. The minimum atomic E-state index is 0.422. The fourth-order valence-electron chi connectivity index (χ4n) is 5.50. The second-order valence-electron chi connectivity index (χ2n) is 10.4. The van der Waals surface area contributed by atoms with E-state index < -0.39 is 0 Å². The first-order chi connectivity index (χ1) is 18.1. The topological polar surface area (TPSA) is 73.1 Å². The molecule has 4 aromatic rings. The van der Waals surface area contributed by atoms with Gasteiger partial charge >= 0.3 is 0 Å². The molecule has 2 aliphatic carbocycles. The zero-order chi connectivity index (χ0) is 25.2. The van der Waals surface area contributed by atoms with Crippen molar-refractivity contribution >= 4 is 17.3 Å². The summed E-state index contributed by atoms with van der Waals surface area (Å²) in [4.78, 5) is 20.8. The third-order valence-corrected chi connectivity index (χ3v) is 7.30. The summed E-state index contributed by atoms with van der Waals surface area (Å²) in [7, 11) is 2.19. The molecule has 7 nitrogen and oxygen atoms in total. The highest BCUT2D eigenvalue weighted by molar-refractivity contribution is 5.90. The van der Waals surface area contributed by atoms with Crippen molar-refractivity contribution in [1.82, 2.24) is 24.6 Å². The fourth-order valence-corrected chi connectivity index (χ4v) is 5.50. The molecule has 2 aromatic carbocycles. The normalized spacial score (nSPS) is 18.1. The molecule has 37 heavy (non-hydrogen) atoms. The molecule has 0 radical (unpaired) electrons. The fraction of sp³-hybridized carbons (Fsp3) is 0.333. The molecule has 0 unspecified atom stereocenters. The summed E-state index contributed by atoms with van der Waals surface area (Å²) in [6.07, 6.45) is 8.90. The van der Waals surface area contributed by atoms with Crippen molar-refractivity contribution in [2.75, 3.05) is 20.1 Å². The Morgan fingerprint density at radius 1 is 1.03 bits per heavy atom. The monoisotopic (exact) mass is 491 g/mol. The maximum Gasteiger partial charge on any atom is 0.192 e. The SMILES string of the molecule is CN1CC2(CC(n3nc(-c4ccc(Oc5ccccc5)cc4)c4cncnc43)C2)C1.O=CC#CC1CC1. The van der Waals surface area contributed by atoms with Gasteiger partial charge in [0, 0.05) is 30.8 Å². The Kier molecular flexibility index (Phi) is 6.19. The van der Waals surface area contributed by atoms with Crippen LogP contribution < -0.4 is 4.74 Å². The van der Waals surface area contributed by atoms with Crippen LogP contribution in [0.4, 0.5) is 0 Å². The van der Waals surface area contributed by atoms with Gasteiger partial charge < -0.3 is 9.64 Å².